The molecule has 0 fully saturated rings. The van der Waals surface area contributed by atoms with Gasteiger partial charge in [0.05, 0.1) is 11.3 Å². The third kappa shape index (κ3) is 1.42. The van der Waals surface area contributed by atoms with Gasteiger partial charge < -0.3 is 10.8 Å². The summed E-state index contributed by atoms with van der Waals surface area (Å²) in [7, 11) is 0. The molecule has 15 heavy (non-hydrogen) atoms. The van der Waals surface area contributed by atoms with E-state index in [-0.39, 0.29) is 22.8 Å². The normalized spacial score (nSPS) is 10.5. The number of hydrogen-bond donors (Lipinski definition) is 2. The third-order valence-electron chi connectivity index (χ3n) is 2.44. The molecular formula is C12H11NO2. The fourth-order valence-electron chi connectivity index (χ4n) is 1.63. The Hall–Kier alpha value is -2.03. The Morgan fingerprint density at radius 1 is 1.33 bits per heavy atom. The number of nitrogens with two attached hydrogens (primary N) is 1. The number of rotatable bonds is 1. The number of fused-ring (bicyclic) bond motifs is 1. The van der Waals surface area contributed by atoms with Crippen LogP contribution in [0.2, 0.25) is 0 Å². The van der Waals surface area contributed by atoms with Gasteiger partial charge in [-0.15, -0.1) is 0 Å². The first-order valence-electron chi connectivity index (χ1n) is 4.62. The van der Waals surface area contributed by atoms with Crippen LogP contribution in [0.25, 0.3) is 10.8 Å². The van der Waals surface area contributed by atoms with Gasteiger partial charge in [0.15, 0.2) is 5.78 Å². The summed E-state index contributed by atoms with van der Waals surface area (Å²) in [6.45, 7) is 1.41. The monoisotopic (exact) mass is 201 g/mol. The predicted molar refractivity (Wildman–Crippen MR) is 60.0 cm³/mol. The lowest BCUT2D eigenvalue weighted by atomic mass is 10.0. The van der Waals surface area contributed by atoms with Gasteiger partial charge in [0.25, 0.3) is 0 Å². The highest BCUT2D eigenvalue weighted by Crippen LogP contribution is 2.33. The van der Waals surface area contributed by atoms with Crippen molar-refractivity contribution in [3.05, 3.63) is 35.9 Å². The van der Waals surface area contributed by atoms with Gasteiger partial charge in [0, 0.05) is 5.39 Å². The van der Waals surface area contributed by atoms with Crippen LogP contribution in [0, 0.1) is 0 Å². The second kappa shape index (κ2) is 3.28. The number of nitrogen functional groups attached to an aromatic ring is 1. The van der Waals surface area contributed by atoms with Crippen LogP contribution >= 0.6 is 0 Å². The second-order valence-electron chi connectivity index (χ2n) is 3.46. The number of ketones is 1. The van der Waals surface area contributed by atoms with Crippen LogP contribution in [0.15, 0.2) is 30.3 Å². The molecule has 0 spiro atoms. The molecule has 0 unspecified atom stereocenters. The summed E-state index contributed by atoms with van der Waals surface area (Å²) >= 11 is 0. The fraction of sp³-hybridized carbons (Fsp3) is 0.0833. The maximum atomic E-state index is 11.2. The van der Waals surface area contributed by atoms with E-state index in [1.165, 1.54) is 6.92 Å². The van der Waals surface area contributed by atoms with Crippen molar-refractivity contribution < 1.29 is 9.90 Å². The van der Waals surface area contributed by atoms with Gasteiger partial charge in [-0.25, -0.2) is 0 Å². The van der Waals surface area contributed by atoms with Gasteiger partial charge in [0.2, 0.25) is 0 Å². The lowest BCUT2D eigenvalue weighted by Gasteiger charge is -2.08. The number of aromatic hydroxyl groups is 1. The molecule has 3 nitrogen and oxygen atoms in total. The van der Waals surface area contributed by atoms with Crippen molar-refractivity contribution in [2.45, 2.75) is 6.92 Å². The van der Waals surface area contributed by atoms with Crippen LogP contribution in [-0.2, 0) is 0 Å². The molecule has 3 N–H and O–H groups in total. The molecule has 0 aliphatic carbocycles. The largest absolute Gasteiger partial charge is 0.505 e. The second-order valence-corrected chi connectivity index (χ2v) is 3.46. The first-order chi connectivity index (χ1) is 7.11. The van der Waals surface area contributed by atoms with Gasteiger partial charge >= 0.3 is 0 Å². The number of Topliss-reactive ketones (excluding diaryl/α,β-unsaturated/α-hetero) is 1. The molecule has 0 aliphatic rings. The number of phenols is 1. The Morgan fingerprint density at radius 2 is 2.00 bits per heavy atom. The van der Waals surface area contributed by atoms with E-state index < -0.39 is 0 Å². The lowest BCUT2D eigenvalue weighted by Crippen LogP contribution is -1.97. The van der Waals surface area contributed by atoms with E-state index in [1.807, 2.05) is 24.3 Å². The van der Waals surface area contributed by atoms with Crippen LogP contribution in [0.3, 0.4) is 0 Å². The zero-order valence-corrected chi connectivity index (χ0v) is 8.32. The van der Waals surface area contributed by atoms with Crippen LogP contribution in [-0.4, -0.2) is 10.9 Å². The Bertz CT molecular complexity index is 547. The average molecular weight is 201 g/mol. The molecule has 0 radical (unpaired) electrons. The third-order valence-corrected chi connectivity index (χ3v) is 2.44. The van der Waals surface area contributed by atoms with Crippen LogP contribution in [0.5, 0.6) is 5.75 Å². The predicted octanol–water partition coefficient (Wildman–Crippen LogP) is 2.33. The minimum absolute atomic E-state index is 0.124. The molecule has 2 rings (SSSR count). The van der Waals surface area contributed by atoms with E-state index in [1.54, 1.807) is 6.07 Å². The van der Waals surface area contributed by atoms with E-state index in [9.17, 15) is 9.90 Å². The molecule has 2 aromatic carbocycles. The molecule has 2 aromatic rings. The first kappa shape index (κ1) is 9.52. The van der Waals surface area contributed by atoms with Crippen LogP contribution in [0.1, 0.15) is 17.3 Å². The molecule has 0 saturated heterocycles. The Kier molecular flexibility index (Phi) is 2.08. The summed E-state index contributed by atoms with van der Waals surface area (Å²) in [5.74, 6) is -0.314. The minimum Gasteiger partial charge on any atom is -0.505 e. The van der Waals surface area contributed by atoms with E-state index in [4.69, 9.17) is 5.73 Å². The molecule has 76 valence electrons. The van der Waals surface area contributed by atoms with Gasteiger partial charge in [0.1, 0.15) is 5.75 Å². The molecule has 0 heterocycles. The lowest BCUT2D eigenvalue weighted by molar-refractivity contribution is 0.101. The molecular weight excluding hydrogens is 190 g/mol. The highest BCUT2D eigenvalue weighted by molar-refractivity contribution is 6.06. The summed E-state index contributed by atoms with van der Waals surface area (Å²) in [5, 5.41) is 11.3. The number of anilines is 1. The SMILES string of the molecule is CC(=O)c1cc2ccccc2c(N)c1O. The van der Waals surface area contributed by atoms with Gasteiger partial charge in [-0.1, -0.05) is 24.3 Å². The van der Waals surface area contributed by atoms with Crippen molar-refractivity contribution in [2.75, 3.05) is 5.73 Å². The zero-order chi connectivity index (χ0) is 11.0. The van der Waals surface area contributed by atoms with Crippen molar-refractivity contribution in [1.29, 1.82) is 0 Å². The summed E-state index contributed by atoms with van der Waals surface area (Å²) in [6.07, 6.45) is 0. The van der Waals surface area contributed by atoms with Crippen LogP contribution in [0.4, 0.5) is 5.69 Å². The van der Waals surface area contributed by atoms with E-state index in [0.717, 1.165) is 10.8 Å². The molecule has 0 aliphatic heterocycles. The van der Waals surface area contributed by atoms with E-state index in [2.05, 4.69) is 0 Å². The number of hydrogen-bond acceptors (Lipinski definition) is 3. The zero-order valence-electron chi connectivity index (χ0n) is 8.32. The number of benzene rings is 2. The number of carbonyl (C=O) groups excluding carboxylic acids is 1. The highest BCUT2D eigenvalue weighted by Gasteiger charge is 2.12. The maximum absolute atomic E-state index is 11.2. The maximum Gasteiger partial charge on any atom is 0.163 e. The minimum atomic E-state index is -0.190. The van der Waals surface area contributed by atoms with Crippen molar-refractivity contribution >= 4 is 22.2 Å². The molecule has 0 atom stereocenters. The summed E-state index contributed by atoms with van der Waals surface area (Å²) in [6, 6.07) is 9.03. The highest BCUT2D eigenvalue weighted by atomic mass is 16.3. The number of carbonyl (C=O) groups is 1. The Morgan fingerprint density at radius 3 is 2.67 bits per heavy atom. The molecule has 3 heteroatoms. The van der Waals surface area contributed by atoms with Crippen molar-refractivity contribution in [2.24, 2.45) is 0 Å². The van der Waals surface area contributed by atoms with Gasteiger partial charge in [-0.2, -0.15) is 0 Å². The van der Waals surface area contributed by atoms with Crippen molar-refractivity contribution in [3.63, 3.8) is 0 Å². The Balaban J connectivity index is 2.88. The van der Waals surface area contributed by atoms with Crippen LogP contribution < -0.4 is 5.73 Å². The van der Waals surface area contributed by atoms with Gasteiger partial charge in [-0.3, -0.25) is 4.79 Å². The van der Waals surface area contributed by atoms with Crippen molar-refractivity contribution in [3.8, 4) is 5.75 Å². The molecule has 0 bridgehead atoms. The molecule has 0 amide bonds. The van der Waals surface area contributed by atoms with E-state index in [0.29, 0.717) is 0 Å². The summed E-state index contributed by atoms with van der Waals surface area (Å²) in [5.41, 5.74) is 6.29. The average Bonchev–Trinajstić information content (AvgIpc) is 2.23. The smallest absolute Gasteiger partial charge is 0.163 e. The van der Waals surface area contributed by atoms with Gasteiger partial charge in [-0.05, 0) is 18.4 Å². The molecule has 0 aromatic heterocycles. The van der Waals surface area contributed by atoms with Crippen molar-refractivity contribution in [1.82, 2.24) is 0 Å². The standard InChI is InChI=1S/C12H11NO2/c1-7(14)10-6-8-4-2-3-5-9(8)11(13)12(10)15/h2-6,15H,13H2,1H3. The topological polar surface area (TPSA) is 63.3 Å². The fourth-order valence-corrected chi connectivity index (χ4v) is 1.63. The first-order valence-corrected chi connectivity index (χ1v) is 4.62. The quantitative estimate of drug-likeness (QED) is 0.423. The Labute approximate surface area is 87.1 Å². The van der Waals surface area contributed by atoms with E-state index >= 15 is 0 Å². The number of phenolic OH excluding ortho intramolecular Hbond substituents is 1. The molecule has 0 saturated carbocycles. The summed E-state index contributed by atoms with van der Waals surface area (Å²) in [4.78, 5) is 11.2. The summed E-state index contributed by atoms with van der Waals surface area (Å²) < 4.78 is 0.